The van der Waals surface area contributed by atoms with E-state index >= 15 is 0 Å². The Labute approximate surface area is 106 Å². The number of benzene rings is 1. The van der Waals surface area contributed by atoms with E-state index in [1.54, 1.807) is 0 Å². The molecule has 0 amide bonds. The largest absolute Gasteiger partial charge is 0.396 e. The fraction of sp³-hybridized carbons (Fsp3) is 0.538. The maximum Gasteiger partial charge on any atom is 0.0445 e. The van der Waals surface area contributed by atoms with Crippen LogP contribution < -0.4 is 5.32 Å². The summed E-state index contributed by atoms with van der Waals surface area (Å²) in [7, 11) is 0. The molecular formula is C13H20BrNO. The molecular weight excluding hydrogens is 266 g/mol. The third kappa shape index (κ3) is 4.64. The molecule has 0 fully saturated rings. The lowest BCUT2D eigenvalue weighted by Gasteiger charge is -2.17. The Bertz CT molecular complexity index is 317. The molecule has 0 aliphatic heterocycles. The van der Waals surface area contributed by atoms with Crippen LogP contribution in [0.4, 0.5) is 0 Å². The zero-order valence-corrected chi connectivity index (χ0v) is 11.5. The van der Waals surface area contributed by atoms with Gasteiger partial charge in [0.2, 0.25) is 0 Å². The van der Waals surface area contributed by atoms with Crippen LogP contribution in [0.5, 0.6) is 0 Å². The highest BCUT2D eigenvalue weighted by Gasteiger charge is 2.07. The summed E-state index contributed by atoms with van der Waals surface area (Å²) < 4.78 is 1.13. The molecule has 2 N–H and O–H groups in total. The second-order valence-corrected chi connectivity index (χ2v) is 5.19. The van der Waals surface area contributed by atoms with Crippen molar-refractivity contribution >= 4 is 15.9 Å². The SMILES string of the molecule is CC(CN[C@H](C)CCO)c1cccc(Br)c1. The van der Waals surface area contributed by atoms with E-state index in [0.717, 1.165) is 17.4 Å². The first-order chi connectivity index (χ1) is 7.63. The number of aliphatic hydroxyl groups excluding tert-OH is 1. The van der Waals surface area contributed by atoms with Crippen LogP contribution >= 0.6 is 15.9 Å². The third-order valence-corrected chi connectivity index (χ3v) is 3.25. The van der Waals surface area contributed by atoms with Gasteiger partial charge in [-0.05, 0) is 37.0 Å². The van der Waals surface area contributed by atoms with E-state index in [9.17, 15) is 0 Å². The molecule has 0 aromatic heterocycles. The van der Waals surface area contributed by atoms with E-state index in [4.69, 9.17) is 5.11 Å². The normalized spacial score (nSPS) is 14.8. The van der Waals surface area contributed by atoms with E-state index in [-0.39, 0.29) is 6.61 Å². The molecule has 0 aliphatic carbocycles. The molecule has 1 unspecified atom stereocenters. The van der Waals surface area contributed by atoms with Gasteiger partial charge < -0.3 is 10.4 Å². The van der Waals surface area contributed by atoms with Crippen LogP contribution in [0.1, 0.15) is 31.7 Å². The van der Waals surface area contributed by atoms with Gasteiger partial charge in [0.25, 0.3) is 0 Å². The van der Waals surface area contributed by atoms with Gasteiger partial charge in [-0.15, -0.1) is 0 Å². The molecule has 16 heavy (non-hydrogen) atoms. The van der Waals surface area contributed by atoms with Gasteiger partial charge in [0.1, 0.15) is 0 Å². The standard InChI is InChI=1S/C13H20BrNO/c1-10(9-15-11(2)6-7-16)12-4-3-5-13(14)8-12/h3-5,8,10-11,15-16H,6-7,9H2,1-2H3/t10?,11-/m1/s1. The zero-order chi connectivity index (χ0) is 12.0. The second-order valence-electron chi connectivity index (χ2n) is 4.28. The van der Waals surface area contributed by atoms with Crippen molar-refractivity contribution in [2.45, 2.75) is 32.2 Å². The highest BCUT2D eigenvalue weighted by atomic mass is 79.9. The van der Waals surface area contributed by atoms with Crippen LogP contribution in [0.25, 0.3) is 0 Å². The lowest BCUT2D eigenvalue weighted by Crippen LogP contribution is -2.30. The summed E-state index contributed by atoms with van der Waals surface area (Å²) in [4.78, 5) is 0. The first kappa shape index (κ1) is 13.7. The van der Waals surface area contributed by atoms with Crippen LogP contribution in [-0.2, 0) is 0 Å². The summed E-state index contributed by atoms with van der Waals surface area (Å²) in [6, 6.07) is 8.78. The van der Waals surface area contributed by atoms with Crippen molar-refractivity contribution in [2.24, 2.45) is 0 Å². The van der Waals surface area contributed by atoms with E-state index in [1.807, 2.05) is 6.07 Å². The lowest BCUT2D eigenvalue weighted by atomic mass is 10.0. The summed E-state index contributed by atoms with van der Waals surface area (Å²) in [6.07, 6.45) is 0.811. The average Bonchev–Trinajstić information content (AvgIpc) is 2.26. The summed E-state index contributed by atoms with van der Waals surface area (Å²) in [6.45, 7) is 5.50. The monoisotopic (exact) mass is 285 g/mol. The molecule has 1 rings (SSSR count). The van der Waals surface area contributed by atoms with Crippen LogP contribution in [0, 0.1) is 0 Å². The van der Waals surface area contributed by atoms with Crippen LogP contribution in [0.3, 0.4) is 0 Å². The Morgan fingerprint density at radius 1 is 1.38 bits per heavy atom. The Morgan fingerprint density at radius 2 is 2.12 bits per heavy atom. The minimum absolute atomic E-state index is 0.249. The second kappa shape index (κ2) is 7.05. The molecule has 3 heteroatoms. The van der Waals surface area contributed by atoms with Crippen molar-refractivity contribution in [3.63, 3.8) is 0 Å². The number of hydrogen-bond acceptors (Lipinski definition) is 2. The zero-order valence-electron chi connectivity index (χ0n) is 9.91. The van der Waals surface area contributed by atoms with Gasteiger partial charge in [0, 0.05) is 23.7 Å². The average molecular weight is 286 g/mol. The van der Waals surface area contributed by atoms with E-state index in [1.165, 1.54) is 5.56 Å². The molecule has 1 aromatic rings. The molecule has 1 aromatic carbocycles. The van der Waals surface area contributed by atoms with Gasteiger partial charge in [-0.25, -0.2) is 0 Å². The van der Waals surface area contributed by atoms with Crippen molar-refractivity contribution in [1.82, 2.24) is 5.32 Å². The highest BCUT2D eigenvalue weighted by molar-refractivity contribution is 9.10. The Kier molecular flexibility index (Phi) is 6.03. The van der Waals surface area contributed by atoms with Gasteiger partial charge in [0.15, 0.2) is 0 Å². The van der Waals surface area contributed by atoms with Crippen molar-refractivity contribution in [1.29, 1.82) is 0 Å². The van der Waals surface area contributed by atoms with Gasteiger partial charge >= 0.3 is 0 Å². The Hall–Kier alpha value is -0.380. The van der Waals surface area contributed by atoms with Crippen LogP contribution in [0.15, 0.2) is 28.7 Å². The summed E-state index contributed by atoms with van der Waals surface area (Å²) in [5, 5.41) is 12.2. The number of halogens is 1. The van der Waals surface area contributed by atoms with Crippen molar-refractivity contribution in [3.8, 4) is 0 Å². The number of hydrogen-bond donors (Lipinski definition) is 2. The molecule has 90 valence electrons. The fourth-order valence-electron chi connectivity index (χ4n) is 1.60. The van der Waals surface area contributed by atoms with Gasteiger partial charge in [-0.2, -0.15) is 0 Å². The number of nitrogens with one attached hydrogen (secondary N) is 1. The summed E-state index contributed by atoms with van der Waals surface area (Å²) in [5.41, 5.74) is 1.33. The van der Waals surface area contributed by atoms with Crippen molar-refractivity contribution in [2.75, 3.05) is 13.2 Å². The fourth-order valence-corrected chi connectivity index (χ4v) is 2.02. The third-order valence-electron chi connectivity index (χ3n) is 2.75. The Morgan fingerprint density at radius 3 is 2.75 bits per heavy atom. The molecule has 2 nitrogen and oxygen atoms in total. The minimum atomic E-state index is 0.249. The van der Waals surface area contributed by atoms with E-state index in [2.05, 4.69) is 53.3 Å². The van der Waals surface area contributed by atoms with Gasteiger partial charge in [-0.3, -0.25) is 0 Å². The molecule has 0 bridgehead atoms. The maximum absolute atomic E-state index is 8.81. The summed E-state index contributed by atoms with van der Waals surface area (Å²) in [5.74, 6) is 0.485. The van der Waals surface area contributed by atoms with Crippen molar-refractivity contribution < 1.29 is 5.11 Å². The maximum atomic E-state index is 8.81. The Balaban J connectivity index is 2.43. The topological polar surface area (TPSA) is 32.3 Å². The smallest absolute Gasteiger partial charge is 0.0445 e. The predicted octanol–water partition coefficient (Wildman–Crippen LogP) is 2.91. The predicted molar refractivity (Wildman–Crippen MR) is 71.7 cm³/mol. The molecule has 0 heterocycles. The molecule has 0 radical (unpaired) electrons. The molecule has 0 spiro atoms. The first-order valence-corrected chi connectivity index (χ1v) is 6.52. The van der Waals surface area contributed by atoms with Gasteiger partial charge in [0.05, 0.1) is 0 Å². The highest BCUT2D eigenvalue weighted by Crippen LogP contribution is 2.19. The van der Waals surface area contributed by atoms with E-state index in [0.29, 0.717) is 12.0 Å². The van der Waals surface area contributed by atoms with Crippen LogP contribution in [0.2, 0.25) is 0 Å². The minimum Gasteiger partial charge on any atom is -0.396 e. The summed E-state index contributed by atoms with van der Waals surface area (Å²) >= 11 is 3.48. The van der Waals surface area contributed by atoms with E-state index < -0.39 is 0 Å². The van der Waals surface area contributed by atoms with Crippen LogP contribution in [-0.4, -0.2) is 24.3 Å². The molecule has 2 atom stereocenters. The molecule has 0 saturated carbocycles. The first-order valence-electron chi connectivity index (χ1n) is 5.73. The number of aliphatic hydroxyl groups is 1. The van der Waals surface area contributed by atoms with Crippen molar-refractivity contribution in [3.05, 3.63) is 34.3 Å². The molecule has 0 aliphatic rings. The number of rotatable bonds is 6. The quantitative estimate of drug-likeness (QED) is 0.842. The lowest BCUT2D eigenvalue weighted by molar-refractivity contribution is 0.268. The van der Waals surface area contributed by atoms with Gasteiger partial charge in [-0.1, -0.05) is 35.0 Å². The molecule has 0 saturated heterocycles.